The molecule has 73 heavy (non-hydrogen) atoms. The molecule has 0 aromatic rings. The summed E-state index contributed by atoms with van der Waals surface area (Å²) in [5.74, 6) is -5.00. The first-order valence-electron chi connectivity index (χ1n) is 25.9. The molecule has 20 heteroatoms. The summed E-state index contributed by atoms with van der Waals surface area (Å²) in [6.45, 7) is 18.6. The zero-order chi connectivity index (χ0) is 54.6. The maximum Gasteiger partial charge on any atom is 0.309 e. The fourth-order valence-corrected chi connectivity index (χ4v) is 10.5. The smallest absolute Gasteiger partial charge is 0.309 e. The number of methoxy groups -OCH3 is 2. The molecule has 0 aromatic heterocycles. The van der Waals surface area contributed by atoms with Crippen molar-refractivity contribution in [2.45, 2.75) is 218 Å². The SMILES string of the molecule is CCC1OC(=O)C[C@@H](OC(C)=O)[C@H](C)C(O[C@@H]2O[C@H](C)[C@@H](O)[C@H](N(C)C)[C@H]2O[C@H]2C[C@@](C)(O)[C@@H](OC(=O)CC(C)C)[C@H](C)O2)[C@@H](CC=O)C[C@@H](C)C(=O)/C=C/C(C)=C\[C@@H]1CO[C@@H]1O[C@H](C)[C@@H](O)[C@@H](OC)[C@H]1OC. The molecule has 4 aliphatic heterocycles. The number of rotatable bonds is 17. The van der Waals surface area contributed by atoms with Crippen LogP contribution in [0.25, 0.3) is 0 Å². The minimum atomic E-state index is -1.61. The number of cyclic esters (lactones) is 1. The Morgan fingerprint density at radius 3 is 2.11 bits per heavy atom. The lowest BCUT2D eigenvalue weighted by Crippen LogP contribution is -2.66. The predicted octanol–water partition coefficient (Wildman–Crippen LogP) is 4.00. The summed E-state index contributed by atoms with van der Waals surface area (Å²) < 4.78 is 67.9. The maximum atomic E-state index is 14.3. The fourth-order valence-electron chi connectivity index (χ4n) is 10.5. The number of esters is 3. The molecule has 0 spiro atoms. The van der Waals surface area contributed by atoms with Gasteiger partial charge in [-0.1, -0.05) is 52.3 Å². The Balaban J connectivity index is 1.75. The van der Waals surface area contributed by atoms with Crippen molar-refractivity contribution >= 4 is 30.0 Å². The van der Waals surface area contributed by atoms with Gasteiger partial charge in [-0.2, -0.15) is 0 Å². The highest BCUT2D eigenvalue weighted by atomic mass is 16.8. The molecule has 4 rings (SSSR count). The highest BCUT2D eigenvalue weighted by molar-refractivity contribution is 5.91. The van der Waals surface area contributed by atoms with E-state index in [0.717, 1.165) is 6.29 Å². The summed E-state index contributed by atoms with van der Waals surface area (Å²) in [5, 5.41) is 34.2. The Labute approximate surface area is 432 Å². The van der Waals surface area contributed by atoms with E-state index in [4.69, 9.17) is 52.1 Å². The van der Waals surface area contributed by atoms with Gasteiger partial charge in [-0.05, 0) is 79.5 Å². The number of ether oxygens (including phenoxy) is 11. The number of carbonyl (C=O) groups excluding carboxylic acids is 5. The highest BCUT2D eigenvalue weighted by Gasteiger charge is 2.53. The van der Waals surface area contributed by atoms with Crippen LogP contribution in [0.1, 0.15) is 115 Å². The molecule has 3 N–H and O–H groups in total. The average Bonchev–Trinajstić information content (AvgIpc) is 3.29. The monoisotopic (exact) mass is 1040 g/mol. The van der Waals surface area contributed by atoms with Gasteiger partial charge >= 0.3 is 17.9 Å². The molecular weight excluding hydrogens is 955 g/mol. The van der Waals surface area contributed by atoms with Gasteiger partial charge in [0.25, 0.3) is 0 Å². The number of aldehydes is 1. The molecule has 0 amide bonds. The number of nitrogens with zero attached hydrogens (tertiary/aromatic N) is 1. The molecule has 3 saturated heterocycles. The van der Waals surface area contributed by atoms with E-state index in [9.17, 15) is 39.3 Å². The van der Waals surface area contributed by atoms with Crippen molar-refractivity contribution in [3.8, 4) is 0 Å². The topological polar surface area (TPSA) is 251 Å². The molecule has 0 radical (unpaired) electrons. The second kappa shape index (κ2) is 28.2. The lowest BCUT2D eigenvalue weighted by Gasteiger charge is -2.50. The van der Waals surface area contributed by atoms with E-state index >= 15 is 0 Å². The van der Waals surface area contributed by atoms with Crippen LogP contribution in [0.5, 0.6) is 0 Å². The maximum absolute atomic E-state index is 14.3. The number of hydrogen-bond acceptors (Lipinski definition) is 20. The summed E-state index contributed by atoms with van der Waals surface area (Å²) in [5.41, 5.74) is -0.950. The molecule has 4 aliphatic rings. The lowest BCUT2D eigenvalue weighted by atomic mass is 9.79. The van der Waals surface area contributed by atoms with Gasteiger partial charge in [-0.25, -0.2) is 0 Å². The van der Waals surface area contributed by atoms with Crippen LogP contribution < -0.4 is 0 Å². The molecule has 418 valence electrons. The predicted molar refractivity (Wildman–Crippen MR) is 263 cm³/mol. The normalized spacial score (nSPS) is 41.6. The molecule has 0 bridgehead atoms. The van der Waals surface area contributed by atoms with E-state index in [0.29, 0.717) is 12.0 Å². The molecule has 20 nitrogen and oxygen atoms in total. The van der Waals surface area contributed by atoms with Crippen molar-refractivity contribution in [2.24, 2.45) is 29.6 Å². The van der Waals surface area contributed by atoms with Crippen LogP contribution in [0, 0.1) is 29.6 Å². The van der Waals surface area contributed by atoms with Crippen molar-refractivity contribution in [3.63, 3.8) is 0 Å². The average molecular weight is 1040 g/mol. The van der Waals surface area contributed by atoms with Crippen LogP contribution in [0.15, 0.2) is 23.8 Å². The van der Waals surface area contributed by atoms with E-state index in [1.165, 1.54) is 34.1 Å². The van der Waals surface area contributed by atoms with Gasteiger partial charge in [0.05, 0.1) is 49.6 Å². The Bertz CT molecular complexity index is 1860. The first-order chi connectivity index (χ1) is 34.3. The Hall–Kier alpha value is -3.25. The summed E-state index contributed by atoms with van der Waals surface area (Å²) in [6, 6.07) is -0.809. The molecular formula is C53H87NO19. The van der Waals surface area contributed by atoms with Gasteiger partial charge in [-0.15, -0.1) is 0 Å². The number of aliphatic hydroxyl groups excluding tert-OH is 2. The van der Waals surface area contributed by atoms with Gasteiger partial charge < -0.3 is 77.1 Å². The Morgan fingerprint density at radius 1 is 0.890 bits per heavy atom. The molecule has 3 fully saturated rings. The first kappa shape index (κ1) is 62.3. The Morgan fingerprint density at radius 2 is 1.53 bits per heavy atom. The van der Waals surface area contributed by atoms with E-state index in [1.807, 2.05) is 26.8 Å². The van der Waals surface area contributed by atoms with Gasteiger partial charge in [-0.3, -0.25) is 19.2 Å². The molecule has 21 atom stereocenters. The van der Waals surface area contributed by atoms with E-state index < -0.39 is 152 Å². The Kier molecular flexibility index (Phi) is 24.1. The third-order valence-electron chi connectivity index (χ3n) is 14.5. The van der Waals surface area contributed by atoms with Crippen molar-refractivity contribution < 1.29 is 91.4 Å². The molecule has 4 heterocycles. The first-order valence-corrected chi connectivity index (χ1v) is 25.9. The number of carbonyl (C=O) groups is 5. The van der Waals surface area contributed by atoms with Crippen LogP contribution in [0.3, 0.4) is 0 Å². The van der Waals surface area contributed by atoms with Crippen molar-refractivity contribution in [2.75, 3.05) is 34.9 Å². The summed E-state index contributed by atoms with van der Waals surface area (Å²) in [4.78, 5) is 68.4. The largest absolute Gasteiger partial charge is 0.462 e. The molecule has 2 unspecified atom stereocenters. The van der Waals surface area contributed by atoms with Crippen molar-refractivity contribution in [1.29, 1.82) is 0 Å². The molecule has 0 aromatic carbocycles. The van der Waals surface area contributed by atoms with Crippen LogP contribution in [-0.4, -0.2) is 189 Å². The van der Waals surface area contributed by atoms with Crippen LogP contribution in [-0.2, 0) is 76.1 Å². The van der Waals surface area contributed by atoms with Crippen LogP contribution >= 0.6 is 0 Å². The zero-order valence-electron chi connectivity index (χ0n) is 45.7. The molecule has 0 aliphatic carbocycles. The summed E-state index contributed by atoms with van der Waals surface area (Å²) in [6.07, 6.45) is -9.14. The zero-order valence-corrected chi connectivity index (χ0v) is 45.7. The lowest BCUT2D eigenvalue weighted by molar-refractivity contribution is -0.353. The number of hydrogen-bond donors (Lipinski definition) is 3. The standard InChI is InChI=1S/C53H87NO19/c1-16-38-36(26-65-51-49(64-15)48(63-14)45(61)32(8)67-51)22-28(4)17-18-37(57)29(5)23-35(19-20-55)46(30(6)39(69-34(10)56)24-41(59)70-38)73-52-47(43(54(12)13)44(60)31(7)68-52)72-42-25-53(11,62)50(33(9)66-42)71-40(58)21-27(2)3/h17-18,20,22,27,29-33,35-36,38-39,42-52,60-62H,16,19,21,23-26H2,1-15H3/b18-17+,28-22-/t29-,30+,31-,32-,33+,35+,36-,38?,39-,42+,43+,44-,45-,46?,47-,48-,49-,50+,51-,52+,53-/m1/s1. The van der Waals surface area contributed by atoms with Gasteiger partial charge in [0.1, 0.15) is 48.5 Å². The fraction of sp³-hybridized carbons (Fsp3) is 0.830. The van der Waals surface area contributed by atoms with Gasteiger partial charge in [0.15, 0.2) is 30.8 Å². The van der Waals surface area contributed by atoms with Crippen LogP contribution in [0.2, 0.25) is 0 Å². The third kappa shape index (κ3) is 16.9. The second-order valence-electron chi connectivity index (χ2n) is 21.4. The van der Waals surface area contributed by atoms with E-state index in [-0.39, 0.29) is 44.0 Å². The number of likely N-dealkylation sites (N-methyl/N-ethyl adjacent to an activating group) is 1. The third-order valence-corrected chi connectivity index (χ3v) is 14.5. The minimum Gasteiger partial charge on any atom is -0.462 e. The summed E-state index contributed by atoms with van der Waals surface area (Å²) >= 11 is 0. The van der Waals surface area contributed by atoms with Crippen LogP contribution in [0.4, 0.5) is 0 Å². The van der Waals surface area contributed by atoms with Crippen molar-refractivity contribution in [3.05, 3.63) is 23.8 Å². The number of aliphatic hydroxyl groups is 3. The van der Waals surface area contributed by atoms with E-state index in [2.05, 4.69) is 0 Å². The number of ketones is 1. The van der Waals surface area contributed by atoms with Gasteiger partial charge in [0.2, 0.25) is 0 Å². The summed E-state index contributed by atoms with van der Waals surface area (Å²) in [7, 11) is 6.41. The second-order valence-corrected chi connectivity index (χ2v) is 21.4. The minimum absolute atomic E-state index is 0.0266. The van der Waals surface area contributed by atoms with Crippen molar-refractivity contribution in [1.82, 2.24) is 4.90 Å². The molecule has 0 saturated carbocycles. The van der Waals surface area contributed by atoms with E-state index in [1.54, 1.807) is 66.6 Å². The number of allylic oxidation sites excluding steroid dienone is 3. The quantitative estimate of drug-likeness (QED) is 0.106. The van der Waals surface area contributed by atoms with Gasteiger partial charge in [0, 0.05) is 58.2 Å². The highest BCUT2D eigenvalue weighted by Crippen LogP contribution is 2.39.